The second-order valence-corrected chi connectivity index (χ2v) is 8.57. The van der Waals surface area contributed by atoms with Crippen molar-refractivity contribution in [3.05, 3.63) is 23.0 Å². The third-order valence-electron chi connectivity index (χ3n) is 7.05. The Hall–Kier alpha value is -0.760. The average Bonchev–Trinajstić information content (AvgIpc) is 2.75. The van der Waals surface area contributed by atoms with Crippen LogP contribution >= 0.6 is 0 Å². The Morgan fingerprint density at radius 3 is 2.33 bits per heavy atom. The molecule has 0 amide bonds. The lowest BCUT2D eigenvalue weighted by Crippen LogP contribution is -2.52. The van der Waals surface area contributed by atoms with Crippen LogP contribution in [0.25, 0.3) is 0 Å². The molecule has 21 heavy (non-hydrogen) atoms. The number of hydrogen-bond donors (Lipinski definition) is 1. The molecule has 0 saturated heterocycles. The number of aliphatic hydroxyl groups excluding tert-OH is 1. The molecular weight excluding hydrogens is 258 g/mol. The highest BCUT2D eigenvalue weighted by Crippen LogP contribution is 2.59. The molecule has 4 fully saturated rings. The normalized spacial score (nSPS) is 44.1. The number of rotatable bonds is 1. The van der Waals surface area contributed by atoms with Gasteiger partial charge in [0, 0.05) is 22.5 Å². The van der Waals surface area contributed by atoms with Crippen LogP contribution in [-0.4, -0.2) is 9.67 Å². The predicted molar refractivity (Wildman–Crippen MR) is 83.2 cm³/mol. The van der Waals surface area contributed by atoms with Crippen LogP contribution in [0.5, 0.6) is 0 Å². The van der Waals surface area contributed by atoms with Gasteiger partial charge < -0.3 is 9.67 Å². The minimum Gasteiger partial charge on any atom is -0.388 e. The number of nitrogens with zero attached hydrogens (tertiary/aromatic N) is 1. The number of aliphatic hydroxyl groups is 1. The summed E-state index contributed by atoms with van der Waals surface area (Å²) in [6.07, 6.45) is 11.8. The Bertz CT molecular complexity index is 549. The predicted octanol–water partition coefficient (Wildman–Crippen LogP) is 4.09. The van der Waals surface area contributed by atoms with Gasteiger partial charge >= 0.3 is 0 Å². The third-order valence-corrected chi connectivity index (χ3v) is 7.05. The van der Waals surface area contributed by atoms with Gasteiger partial charge in [-0.15, -0.1) is 0 Å². The highest BCUT2D eigenvalue weighted by Gasteiger charge is 2.52. The van der Waals surface area contributed by atoms with Gasteiger partial charge in [-0.05, 0) is 88.5 Å². The van der Waals surface area contributed by atoms with Gasteiger partial charge in [0.15, 0.2) is 0 Å². The van der Waals surface area contributed by atoms with Gasteiger partial charge in [-0.25, -0.2) is 0 Å². The fraction of sp³-hybridized carbons (Fsp3) is 0.789. The maximum Gasteiger partial charge on any atom is 0.0807 e. The fourth-order valence-electron chi connectivity index (χ4n) is 6.88. The van der Waals surface area contributed by atoms with E-state index in [0.717, 1.165) is 30.6 Å². The van der Waals surface area contributed by atoms with Crippen molar-refractivity contribution >= 4 is 0 Å². The van der Waals surface area contributed by atoms with Crippen LogP contribution in [0.1, 0.15) is 74.4 Å². The zero-order valence-electron chi connectivity index (χ0n) is 13.1. The molecule has 1 heterocycles. The highest BCUT2D eigenvalue weighted by atomic mass is 16.3. The van der Waals surface area contributed by atoms with Crippen LogP contribution in [0, 0.1) is 24.7 Å². The van der Waals surface area contributed by atoms with Crippen LogP contribution in [0.3, 0.4) is 0 Å². The van der Waals surface area contributed by atoms with E-state index in [0.29, 0.717) is 5.54 Å². The lowest BCUT2D eigenvalue weighted by Gasteiger charge is -2.58. The SMILES string of the molecule is Cc1cc2c(n1C13CC4CC(CC(C4)C1)C3)CCCC2O. The van der Waals surface area contributed by atoms with Crippen LogP contribution in [0.2, 0.25) is 0 Å². The summed E-state index contributed by atoms with van der Waals surface area (Å²) in [7, 11) is 0. The Balaban J connectivity index is 1.64. The molecule has 1 aromatic heterocycles. The van der Waals surface area contributed by atoms with Crippen molar-refractivity contribution in [2.75, 3.05) is 0 Å². The molecule has 4 saturated carbocycles. The Morgan fingerprint density at radius 1 is 1.10 bits per heavy atom. The molecule has 114 valence electrons. The van der Waals surface area contributed by atoms with Crippen LogP contribution in [0.4, 0.5) is 0 Å². The molecule has 5 aliphatic carbocycles. The van der Waals surface area contributed by atoms with Gasteiger partial charge in [0.05, 0.1) is 6.10 Å². The van der Waals surface area contributed by atoms with E-state index in [1.165, 1.54) is 61.9 Å². The maximum absolute atomic E-state index is 10.4. The summed E-state index contributed by atoms with van der Waals surface area (Å²) in [4.78, 5) is 0. The van der Waals surface area contributed by atoms with Crippen molar-refractivity contribution in [1.82, 2.24) is 4.57 Å². The lowest BCUT2D eigenvalue weighted by atomic mass is 9.52. The van der Waals surface area contributed by atoms with Gasteiger partial charge in [-0.1, -0.05) is 0 Å². The minimum atomic E-state index is -0.206. The standard InChI is InChI=1S/C19H27NO/c1-12-5-16-17(3-2-4-18(16)21)20(12)19-9-13-6-14(10-19)8-15(7-13)11-19/h5,13-15,18,21H,2-4,6-11H2,1H3. The average molecular weight is 285 g/mol. The summed E-state index contributed by atoms with van der Waals surface area (Å²) in [5.41, 5.74) is 4.59. The number of aromatic nitrogens is 1. The van der Waals surface area contributed by atoms with Crippen LogP contribution in [-0.2, 0) is 12.0 Å². The molecule has 4 bridgehead atoms. The van der Waals surface area contributed by atoms with Crippen LogP contribution in [0.15, 0.2) is 6.07 Å². The molecule has 0 aliphatic heterocycles. The van der Waals surface area contributed by atoms with E-state index in [9.17, 15) is 5.11 Å². The third kappa shape index (κ3) is 1.69. The second kappa shape index (κ2) is 4.16. The largest absolute Gasteiger partial charge is 0.388 e. The fourth-order valence-corrected chi connectivity index (χ4v) is 6.88. The summed E-state index contributed by atoms with van der Waals surface area (Å²) in [6.45, 7) is 2.28. The van der Waals surface area contributed by atoms with E-state index in [4.69, 9.17) is 0 Å². The number of fused-ring (bicyclic) bond motifs is 1. The molecule has 0 radical (unpaired) electrons. The highest BCUT2D eigenvalue weighted by molar-refractivity contribution is 5.34. The Kier molecular flexibility index (Phi) is 2.52. The smallest absolute Gasteiger partial charge is 0.0807 e. The van der Waals surface area contributed by atoms with E-state index in [2.05, 4.69) is 17.6 Å². The van der Waals surface area contributed by atoms with E-state index in [-0.39, 0.29) is 6.10 Å². The second-order valence-electron chi connectivity index (χ2n) is 8.57. The topological polar surface area (TPSA) is 25.2 Å². The van der Waals surface area contributed by atoms with Gasteiger partial charge in [0.2, 0.25) is 0 Å². The van der Waals surface area contributed by atoms with E-state index in [1.807, 2.05) is 0 Å². The zero-order chi connectivity index (χ0) is 14.2. The number of hydrogen-bond acceptors (Lipinski definition) is 1. The van der Waals surface area contributed by atoms with Crippen molar-refractivity contribution in [3.8, 4) is 0 Å². The first-order valence-corrected chi connectivity index (χ1v) is 9.04. The summed E-state index contributed by atoms with van der Waals surface area (Å²) in [6, 6.07) is 2.30. The Morgan fingerprint density at radius 2 is 1.71 bits per heavy atom. The molecule has 1 N–H and O–H groups in total. The first-order valence-electron chi connectivity index (χ1n) is 9.04. The first kappa shape index (κ1) is 12.8. The van der Waals surface area contributed by atoms with Crippen molar-refractivity contribution in [2.45, 2.75) is 76.4 Å². The molecular formula is C19H27NO. The molecule has 0 spiro atoms. The van der Waals surface area contributed by atoms with Crippen molar-refractivity contribution in [2.24, 2.45) is 17.8 Å². The lowest BCUT2D eigenvalue weighted by molar-refractivity contribution is -0.0454. The molecule has 1 atom stereocenters. The van der Waals surface area contributed by atoms with Gasteiger partial charge in [0.25, 0.3) is 0 Å². The molecule has 2 nitrogen and oxygen atoms in total. The summed E-state index contributed by atoms with van der Waals surface area (Å²) < 4.78 is 2.73. The van der Waals surface area contributed by atoms with Gasteiger partial charge in [-0.3, -0.25) is 0 Å². The summed E-state index contributed by atoms with van der Waals surface area (Å²) >= 11 is 0. The molecule has 1 unspecified atom stereocenters. The number of aryl methyl sites for hydroxylation is 1. The quantitative estimate of drug-likeness (QED) is 0.826. The first-order chi connectivity index (χ1) is 10.1. The van der Waals surface area contributed by atoms with E-state index < -0.39 is 0 Å². The molecule has 6 rings (SSSR count). The molecule has 0 aromatic carbocycles. The summed E-state index contributed by atoms with van der Waals surface area (Å²) in [5, 5.41) is 10.4. The molecule has 5 aliphatic rings. The van der Waals surface area contributed by atoms with Crippen molar-refractivity contribution in [1.29, 1.82) is 0 Å². The van der Waals surface area contributed by atoms with Crippen molar-refractivity contribution in [3.63, 3.8) is 0 Å². The zero-order valence-corrected chi connectivity index (χ0v) is 13.1. The molecule has 1 aromatic rings. The van der Waals surface area contributed by atoms with Crippen molar-refractivity contribution < 1.29 is 5.11 Å². The van der Waals surface area contributed by atoms with E-state index in [1.54, 1.807) is 0 Å². The van der Waals surface area contributed by atoms with E-state index >= 15 is 0 Å². The van der Waals surface area contributed by atoms with Gasteiger partial charge in [-0.2, -0.15) is 0 Å². The molecule has 2 heteroatoms. The Labute approximate surface area is 127 Å². The minimum absolute atomic E-state index is 0.206. The maximum atomic E-state index is 10.4. The van der Waals surface area contributed by atoms with Crippen LogP contribution < -0.4 is 0 Å². The van der Waals surface area contributed by atoms with Gasteiger partial charge in [0.1, 0.15) is 0 Å². The summed E-state index contributed by atoms with van der Waals surface area (Å²) in [5.74, 6) is 2.96. The monoisotopic (exact) mass is 285 g/mol.